The van der Waals surface area contributed by atoms with Gasteiger partial charge < -0.3 is 49.1 Å². The van der Waals surface area contributed by atoms with Gasteiger partial charge in [0.05, 0.1) is 60.5 Å². The molecule has 5 N–H and O–H groups in total. The second-order valence-electron chi connectivity index (χ2n) is 18.0. The lowest BCUT2D eigenvalue weighted by Crippen LogP contribution is -2.53. The number of nitrogens with zero attached hydrogens (tertiary/aromatic N) is 4. The number of aromatic amines is 2. The molecule has 0 aliphatic carbocycles. The van der Waals surface area contributed by atoms with E-state index in [9.17, 15) is 19.5 Å². The molecule has 2 fully saturated rings. The fourth-order valence-corrected chi connectivity index (χ4v) is 9.71. The van der Waals surface area contributed by atoms with E-state index in [-0.39, 0.29) is 47.6 Å². The number of carbonyl (C=O) groups excluding carboxylic acids is 3. The second-order valence-corrected chi connectivity index (χ2v) is 18.0. The van der Waals surface area contributed by atoms with Gasteiger partial charge in [-0.05, 0) is 70.8 Å². The maximum atomic E-state index is 14.1. The van der Waals surface area contributed by atoms with Crippen LogP contribution in [0.15, 0.2) is 60.7 Å². The van der Waals surface area contributed by atoms with Crippen LogP contribution in [-0.4, -0.2) is 126 Å². The van der Waals surface area contributed by atoms with E-state index in [1.165, 1.54) is 14.2 Å². The van der Waals surface area contributed by atoms with Gasteiger partial charge in [0, 0.05) is 57.0 Å². The molecule has 6 aromatic rings. The summed E-state index contributed by atoms with van der Waals surface area (Å²) in [5.74, 6) is 1.09. The number of alkyl carbamates (subject to hydrolysis) is 1. The highest BCUT2D eigenvalue weighted by molar-refractivity contribution is 6.07. The zero-order chi connectivity index (χ0) is 45.4. The summed E-state index contributed by atoms with van der Waals surface area (Å²) in [6.07, 6.45) is -0.552. The summed E-state index contributed by atoms with van der Waals surface area (Å²) in [4.78, 5) is 61.4. The highest BCUT2D eigenvalue weighted by atomic mass is 16.6. The van der Waals surface area contributed by atoms with Crippen LogP contribution in [-0.2, 0) is 28.5 Å². The van der Waals surface area contributed by atoms with Crippen molar-refractivity contribution in [3.8, 4) is 11.1 Å². The van der Waals surface area contributed by atoms with Gasteiger partial charge in [-0.15, -0.1) is 0 Å². The van der Waals surface area contributed by atoms with Crippen LogP contribution in [0.2, 0.25) is 0 Å². The summed E-state index contributed by atoms with van der Waals surface area (Å²) in [6.45, 7) is 9.70. The smallest absolute Gasteiger partial charge is 0.407 e. The number of likely N-dealkylation sites (tertiary alicyclic amines) is 2. The minimum atomic E-state index is -1.27. The first-order chi connectivity index (χ1) is 30.8. The minimum absolute atomic E-state index is 0.0979. The van der Waals surface area contributed by atoms with E-state index >= 15 is 0 Å². The van der Waals surface area contributed by atoms with Crippen LogP contribution >= 0.6 is 0 Å². The van der Waals surface area contributed by atoms with Crippen LogP contribution in [0.4, 0.5) is 4.79 Å². The summed E-state index contributed by atoms with van der Waals surface area (Å²) in [6, 6.07) is 19.0. The molecule has 340 valence electrons. The van der Waals surface area contributed by atoms with E-state index < -0.39 is 24.6 Å². The third kappa shape index (κ3) is 8.76. The van der Waals surface area contributed by atoms with E-state index in [4.69, 9.17) is 28.9 Å². The molecule has 4 aromatic carbocycles. The van der Waals surface area contributed by atoms with E-state index in [2.05, 4.69) is 69.1 Å². The van der Waals surface area contributed by atoms with Crippen LogP contribution in [0.25, 0.3) is 54.7 Å². The number of imidazole rings is 2. The van der Waals surface area contributed by atoms with Crippen molar-refractivity contribution in [2.75, 3.05) is 54.7 Å². The lowest BCUT2D eigenvalue weighted by Gasteiger charge is -2.31. The Morgan fingerprint density at radius 2 is 1.17 bits per heavy atom. The molecule has 0 saturated carbocycles. The normalized spacial score (nSPS) is 20.6. The van der Waals surface area contributed by atoms with Crippen molar-refractivity contribution in [3.05, 3.63) is 72.3 Å². The number of aliphatic hydroxyl groups is 1. The van der Waals surface area contributed by atoms with Gasteiger partial charge >= 0.3 is 6.09 Å². The summed E-state index contributed by atoms with van der Waals surface area (Å²) >= 11 is 0. The minimum Gasteiger partial charge on any atom is -0.453 e. The van der Waals surface area contributed by atoms with Gasteiger partial charge in [0.15, 0.2) is 0 Å². The van der Waals surface area contributed by atoms with Crippen molar-refractivity contribution in [2.45, 2.75) is 71.1 Å². The molecule has 7 atom stereocenters. The number of benzene rings is 4. The van der Waals surface area contributed by atoms with Crippen molar-refractivity contribution in [1.29, 1.82) is 0 Å². The molecule has 4 heterocycles. The first-order valence-electron chi connectivity index (χ1n) is 22.1. The van der Waals surface area contributed by atoms with Crippen LogP contribution in [0.3, 0.4) is 0 Å². The van der Waals surface area contributed by atoms with Gasteiger partial charge in [-0.25, -0.2) is 14.8 Å². The average Bonchev–Trinajstić information content (AvgIpc) is 4.11. The maximum Gasteiger partial charge on any atom is 0.407 e. The molecular formula is C48H60N8O8. The number of amides is 3. The third-order valence-corrected chi connectivity index (χ3v) is 13.0. The Bertz CT molecular complexity index is 2660. The highest BCUT2D eigenvalue weighted by Gasteiger charge is 2.43. The standard InChI is InChI=1S/C48H60N8O8/c1-25(2)39(53-47(59)63-7)45(57)55-21-27(23-61-5)17-37(55)43-49-35-15-11-31-19-29(9-13-33(31)41(35)51-43)30-10-14-34-32(20-30)12-16-36-42(34)52-44(50-36)38-18-28(24-62-6)22-56(38)46(58)40(26(3)4)54-48(60)64-8/h9-16,19-20,25-28,37-40,47,53,59H,17-18,21-24H2,1-8H3,(H,49,51)(H,50,52)(H,54,60). The predicted octanol–water partition coefficient (Wildman–Crippen LogP) is 6.40. The number of nitrogens with one attached hydrogen (secondary N) is 4. The predicted molar refractivity (Wildman–Crippen MR) is 244 cm³/mol. The van der Waals surface area contributed by atoms with E-state index in [1.54, 1.807) is 14.2 Å². The highest BCUT2D eigenvalue weighted by Crippen LogP contribution is 2.40. The second kappa shape index (κ2) is 18.8. The Balaban J connectivity index is 1.07. The molecule has 16 nitrogen and oxygen atoms in total. The molecule has 2 aliphatic rings. The molecule has 3 amide bonds. The SMILES string of the molecule is COCC1CC(c2nc3c(ccc4cc(-c5ccc6c(ccc7[nH]c(C8CC(COC)CN8C(=O)C(NC(O)OC)C(C)C)nc76)c5)ccc43)[nH]2)N(C(=O)C(NC(=O)OC)C(C)C)C1. The monoisotopic (exact) mass is 876 g/mol. The molecule has 8 rings (SSSR count). The summed E-state index contributed by atoms with van der Waals surface area (Å²) in [5, 5.41) is 19.9. The van der Waals surface area contributed by atoms with Crippen LogP contribution < -0.4 is 10.6 Å². The van der Waals surface area contributed by atoms with Crippen LogP contribution in [0.5, 0.6) is 0 Å². The zero-order valence-corrected chi connectivity index (χ0v) is 37.8. The number of aromatic nitrogens is 4. The molecular weight excluding hydrogens is 817 g/mol. The molecule has 2 aromatic heterocycles. The van der Waals surface area contributed by atoms with Crippen molar-refractivity contribution >= 4 is 61.5 Å². The first kappa shape index (κ1) is 44.9. The van der Waals surface area contributed by atoms with Crippen molar-refractivity contribution < 1.29 is 38.4 Å². The molecule has 2 aliphatic heterocycles. The van der Waals surface area contributed by atoms with Gasteiger partial charge in [0.25, 0.3) is 0 Å². The Kier molecular flexibility index (Phi) is 13.2. The fraction of sp³-hybridized carbons (Fsp3) is 0.479. The van der Waals surface area contributed by atoms with Crippen LogP contribution in [0, 0.1) is 23.7 Å². The van der Waals surface area contributed by atoms with Crippen LogP contribution in [0.1, 0.15) is 64.3 Å². The zero-order valence-electron chi connectivity index (χ0n) is 37.8. The molecule has 2 saturated heterocycles. The topological polar surface area (TPSA) is 196 Å². The quantitative estimate of drug-likeness (QED) is 0.0717. The number of aliphatic hydroxyl groups excluding tert-OH is 1. The number of methoxy groups -OCH3 is 4. The Labute approximate surface area is 372 Å². The molecule has 0 bridgehead atoms. The number of ether oxygens (including phenoxy) is 4. The molecule has 0 radical (unpaired) electrons. The summed E-state index contributed by atoms with van der Waals surface area (Å²) < 4.78 is 20.9. The average molecular weight is 877 g/mol. The van der Waals surface area contributed by atoms with Gasteiger partial charge in [-0.1, -0.05) is 64.1 Å². The van der Waals surface area contributed by atoms with Gasteiger partial charge in [-0.2, -0.15) is 0 Å². The number of rotatable bonds is 15. The Morgan fingerprint density at radius 3 is 1.59 bits per heavy atom. The fourth-order valence-electron chi connectivity index (χ4n) is 9.71. The molecule has 0 spiro atoms. The number of hydrogen-bond acceptors (Lipinski definition) is 11. The van der Waals surface area contributed by atoms with E-state index in [1.807, 2.05) is 49.6 Å². The van der Waals surface area contributed by atoms with E-state index in [0.717, 1.165) is 54.7 Å². The number of hydrogen-bond donors (Lipinski definition) is 5. The molecule has 16 heteroatoms. The largest absolute Gasteiger partial charge is 0.453 e. The lowest BCUT2D eigenvalue weighted by atomic mass is 9.98. The number of H-pyrrole nitrogens is 2. The first-order valence-corrected chi connectivity index (χ1v) is 22.1. The van der Waals surface area contributed by atoms with Gasteiger partial charge in [0.2, 0.25) is 18.2 Å². The molecule has 7 unspecified atom stereocenters. The maximum absolute atomic E-state index is 14.1. The summed E-state index contributed by atoms with van der Waals surface area (Å²) in [5.41, 5.74) is 5.52. The van der Waals surface area contributed by atoms with Crippen molar-refractivity contribution in [3.63, 3.8) is 0 Å². The number of carbonyl (C=O) groups is 3. The molecule has 64 heavy (non-hydrogen) atoms. The van der Waals surface area contributed by atoms with Crippen molar-refractivity contribution in [2.24, 2.45) is 23.7 Å². The van der Waals surface area contributed by atoms with Gasteiger partial charge in [0.1, 0.15) is 17.7 Å². The van der Waals surface area contributed by atoms with E-state index in [0.29, 0.717) is 50.8 Å². The Morgan fingerprint density at radius 1 is 0.703 bits per heavy atom. The van der Waals surface area contributed by atoms with Crippen molar-refractivity contribution in [1.82, 2.24) is 40.4 Å². The summed E-state index contributed by atoms with van der Waals surface area (Å²) in [7, 11) is 6.02. The Hall–Kier alpha value is -5.65. The lowest BCUT2D eigenvalue weighted by molar-refractivity contribution is -0.145. The van der Waals surface area contributed by atoms with Gasteiger partial charge in [-0.3, -0.25) is 14.9 Å². The third-order valence-electron chi connectivity index (χ3n) is 13.0. The number of fused-ring (bicyclic) bond motifs is 6.